The Morgan fingerprint density at radius 2 is 1.65 bits per heavy atom. The average molecular weight is 351 g/mol. The minimum Gasteiger partial charge on any atom is -0.442 e. The van der Waals surface area contributed by atoms with Gasteiger partial charge in [0.05, 0.1) is 0 Å². The number of carbonyl (C=O) groups excluding carboxylic acids is 1. The number of hydrogen-bond acceptors (Lipinski definition) is 3. The van der Waals surface area contributed by atoms with Crippen molar-refractivity contribution in [3.63, 3.8) is 0 Å². The first-order valence-corrected chi connectivity index (χ1v) is 8.67. The van der Waals surface area contributed by atoms with E-state index in [2.05, 4.69) is 11.8 Å². The fourth-order valence-corrected chi connectivity index (χ4v) is 2.33. The molecule has 1 amide bonds. The molecule has 2 aromatic rings. The van der Waals surface area contributed by atoms with E-state index in [0.717, 1.165) is 11.1 Å². The van der Waals surface area contributed by atoms with E-state index in [9.17, 15) is 10.0 Å². The maximum absolute atomic E-state index is 12.2. The van der Waals surface area contributed by atoms with Gasteiger partial charge in [-0.25, -0.2) is 4.79 Å². The molecule has 0 aliphatic rings. The van der Waals surface area contributed by atoms with Crippen LogP contribution in [-0.2, 0) is 11.2 Å². The quantitative estimate of drug-likeness (QED) is 0.495. The van der Waals surface area contributed by atoms with Crippen LogP contribution in [0, 0.1) is 11.8 Å². The lowest BCUT2D eigenvalue weighted by Crippen LogP contribution is -2.41. The van der Waals surface area contributed by atoms with Crippen molar-refractivity contribution in [2.45, 2.75) is 45.3 Å². The fourth-order valence-electron chi connectivity index (χ4n) is 2.33. The molecule has 1 N–H and O–H groups in total. The Morgan fingerprint density at radius 1 is 1.08 bits per heavy atom. The molecule has 0 fully saturated rings. The third-order valence-corrected chi connectivity index (χ3v) is 3.58. The van der Waals surface area contributed by atoms with Crippen molar-refractivity contribution in [2.24, 2.45) is 0 Å². The SMILES string of the molecule is CC(C)(C)OC(=O)N(O)C(C#Cc1ccccc1)CCc1ccccc1. The Hall–Kier alpha value is -2.77. The van der Waals surface area contributed by atoms with Gasteiger partial charge in [-0.3, -0.25) is 5.21 Å². The maximum Gasteiger partial charge on any atom is 0.435 e. The summed E-state index contributed by atoms with van der Waals surface area (Å²) in [5.41, 5.74) is 1.26. The lowest BCUT2D eigenvalue weighted by atomic mass is 10.0. The van der Waals surface area contributed by atoms with Gasteiger partial charge in [0, 0.05) is 5.56 Å². The lowest BCUT2D eigenvalue weighted by molar-refractivity contribution is -0.109. The molecule has 1 atom stereocenters. The summed E-state index contributed by atoms with van der Waals surface area (Å²) in [6, 6.07) is 18.7. The average Bonchev–Trinajstić information content (AvgIpc) is 2.61. The number of benzene rings is 2. The molecule has 2 aromatic carbocycles. The monoisotopic (exact) mass is 351 g/mol. The van der Waals surface area contributed by atoms with Crippen LogP contribution in [0.1, 0.15) is 38.3 Å². The van der Waals surface area contributed by atoms with Crippen molar-refractivity contribution in [3.8, 4) is 11.8 Å². The van der Waals surface area contributed by atoms with E-state index in [0.29, 0.717) is 17.9 Å². The van der Waals surface area contributed by atoms with Gasteiger partial charge in [-0.15, -0.1) is 0 Å². The molecule has 0 radical (unpaired) electrons. The van der Waals surface area contributed by atoms with Crippen LogP contribution < -0.4 is 0 Å². The standard InChI is InChI=1S/C22H25NO3/c1-22(2,3)26-21(24)23(25)20(16-14-18-10-6-4-7-11-18)17-15-19-12-8-5-9-13-19/h4-13,20,25H,14,16H2,1-3H3. The van der Waals surface area contributed by atoms with Crippen LogP contribution in [0.25, 0.3) is 0 Å². The summed E-state index contributed by atoms with van der Waals surface area (Å²) in [5, 5.41) is 11.0. The van der Waals surface area contributed by atoms with Crippen molar-refractivity contribution >= 4 is 6.09 Å². The minimum absolute atomic E-state index is 0.500. The molecular weight excluding hydrogens is 326 g/mol. The first-order chi connectivity index (χ1) is 12.3. The maximum atomic E-state index is 12.2. The molecule has 0 saturated heterocycles. The van der Waals surface area contributed by atoms with E-state index in [4.69, 9.17) is 4.74 Å². The predicted octanol–water partition coefficient (Wildman–Crippen LogP) is 4.67. The van der Waals surface area contributed by atoms with Crippen LogP contribution in [0.5, 0.6) is 0 Å². The number of hydrogen-bond donors (Lipinski definition) is 1. The smallest absolute Gasteiger partial charge is 0.435 e. The lowest BCUT2D eigenvalue weighted by Gasteiger charge is -2.26. The van der Waals surface area contributed by atoms with E-state index in [1.807, 2.05) is 60.7 Å². The fraction of sp³-hybridized carbons (Fsp3) is 0.318. The highest BCUT2D eigenvalue weighted by Gasteiger charge is 2.26. The highest BCUT2D eigenvalue weighted by atomic mass is 16.6. The van der Waals surface area contributed by atoms with E-state index >= 15 is 0 Å². The van der Waals surface area contributed by atoms with Crippen molar-refractivity contribution in [1.82, 2.24) is 5.06 Å². The van der Waals surface area contributed by atoms with E-state index in [1.54, 1.807) is 20.8 Å². The second-order valence-electron chi connectivity index (χ2n) is 7.00. The number of carbonyl (C=O) groups is 1. The third-order valence-electron chi connectivity index (χ3n) is 3.58. The summed E-state index contributed by atoms with van der Waals surface area (Å²) in [7, 11) is 0. The molecule has 4 heteroatoms. The van der Waals surface area contributed by atoms with Crippen LogP contribution in [0.15, 0.2) is 60.7 Å². The van der Waals surface area contributed by atoms with Gasteiger partial charge in [0.15, 0.2) is 0 Å². The van der Waals surface area contributed by atoms with E-state index in [1.165, 1.54) is 0 Å². The highest BCUT2D eigenvalue weighted by Crippen LogP contribution is 2.14. The van der Waals surface area contributed by atoms with Crippen LogP contribution in [0.4, 0.5) is 4.79 Å². The number of ether oxygens (including phenoxy) is 1. The van der Waals surface area contributed by atoms with Crippen molar-refractivity contribution in [3.05, 3.63) is 71.8 Å². The molecule has 0 aliphatic carbocycles. The summed E-state index contributed by atoms with van der Waals surface area (Å²) in [6.07, 6.45) is 0.395. The van der Waals surface area contributed by atoms with E-state index < -0.39 is 17.7 Å². The second-order valence-corrected chi connectivity index (χ2v) is 7.00. The van der Waals surface area contributed by atoms with Gasteiger partial charge in [-0.1, -0.05) is 60.4 Å². The normalized spacial score (nSPS) is 11.8. The van der Waals surface area contributed by atoms with Crippen LogP contribution in [-0.4, -0.2) is 28.0 Å². The molecule has 0 spiro atoms. The first-order valence-electron chi connectivity index (χ1n) is 8.67. The van der Waals surface area contributed by atoms with Gasteiger partial charge in [-0.2, -0.15) is 5.06 Å². The molecule has 2 rings (SSSR count). The number of hydroxylamine groups is 2. The zero-order chi connectivity index (χ0) is 19.0. The number of nitrogens with zero attached hydrogens (tertiary/aromatic N) is 1. The zero-order valence-electron chi connectivity index (χ0n) is 15.5. The van der Waals surface area contributed by atoms with E-state index in [-0.39, 0.29) is 0 Å². The largest absolute Gasteiger partial charge is 0.442 e. The van der Waals surface area contributed by atoms with Crippen molar-refractivity contribution in [2.75, 3.05) is 0 Å². The van der Waals surface area contributed by atoms with Crippen LogP contribution in [0.3, 0.4) is 0 Å². The topological polar surface area (TPSA) is 49.8 Å². The summed E-state index contributed by atoms with van der Waals surface area (Å²) in [6.45, 7) is 5.27. The molecule has 0 aliphatic heterocycles. The van der Waals surface area contributed by atoms with Gasteiger partial charge < -0.3 is 4.74 Å². The van der Waals surface area contributed by atoms with Gasteiger partial charge in [0.1, 0.15) is 11.6 Å². The zero-order valence-corrected chi connectivity index (χ0v) is 15.5. The first kappa shape index (κ1) is 19.6. The van der Waals surface area contributed by atoms with Gasteiger partial charge in [-0.05, 0) is 51.3 Å². The molecular formula is C22H25NO3. The van der Waals surface area contributed by atoms with Crippen LogP contribution in [0.2, 0.25) is 0 Å². The molecule has 136 valence electrons. The third kappa shape index (κ3) is 6.62. The Balaban J connectivity index is 2.14. The predicted molar refractivity (Wildman–Crippen MR) is 102 cm³/mol. The van der Waals surface area contributed by atoms with Crippen molar-refractivity contribution in [1.29, 1.82) is 0 Å². The Kier molecular flexibility index (Phi) is 6.82. The van der Waals surface area contributed by atoms with Crippen molar-refractivity contribution < 1.29 is 14.7 Å². The van der Waals surface area contributed by atoms with Crippen LogP contribution >= 0.6 is 0 Å². The molecule has 0 aromatic heterocycles. The molecule has 0 heterocycles. The molecule has 4 nitrogen and oxygen atoms in total. The number of aryl methyl sites for hydroxylation is 1. The Morgan fingerprint density at radius 3 is 2.23 bits per heavy atom. The summed E-state index contributed by atoms with van der Waals surface area (Å²) in [5.74, 6) is 6.02. The molecule has 26 heavy (non-hydrogen) atoms. The highest BCUT2D eigenvalue weighted by molar-refractivity contribution is 5.67. The van der Waals surface area contributed by atoms with Gasteiger partial charge in [0.25, 0.3) is 0 Å². The second kappa shape index (κ2) is 9.07. The minimum atomic E-state index is -0.794. The Bertz CT molecular complexity index is 755. The summed E-state index contributed by atoms with van der Waals surface area (Å²) in [4.78, 5) is 12.2. The summed E-state index contributed by atoms with van der Waals surface area (Å²) >= 11 is 0. The number of rotatable bonds is 4. The van der Waals surface area contributed by atoms with Gasteiger partial charge >= 0.3 is 6.09 Å². The molecule has 0 saturated carbocycles. The molecule has 0 bridgehead atoms. The number of amides is 1. The van der Waals surface area contributed by atoms with Gasteiger partial charge in [0.2, 0.25) is 0 Å². The summed E-state index contributed by atoms with van der Waals surface area (Å²) < 4.78 is 5.25. The Labute approximate surface area is 155 Å². The molecule has 1 unspecified atom stereocenters.